The van der Waals surface area contributed by atoms with Crippen molar-refractivity contribution in [2.24, 2.45) is 0 Å². The Kier molecular flexibility index (Phi) is 44.5. The molecule has 0 heterocycles. The lowest BCUT2D eigenvalue weighted by Gasteiger charge is -2.18. The van der Waals surface area contributed by atoms with Gasteiger partial charge >= 0.3 is 17.9 Å². The van der Waals surface area contributed by atoms with E-state index in [9.17, 15) is 14.4 Å². The number of allylic oxidation sites excluding steroid dienone is 10. The lowest BCUT2D eigenvalue weighted by Crippen LogP contribution is -2.30. The second kappa shape index (κ2) is 46.8. The predicted octanol–water partition coefficient (Wildman–Crippen LogP) is 15.7. The Balaban J connectivity index is 4.45. The molecule has 0 N–H and O–H groups in total. The molecule has 0 aliphatic carbocycles. The summed E-state index contributed by atoms with van der Waals surface area (Å²) in [5.74, 6) is -0.940. The maximum absolute atomic E-state index is 12.7. The molecule has 0 aromatic rings. The molecule has 0 aliphatic heterocycles. The van der Waals surface area contributed by atoms with E-state index in [0.29, 0.717) is 19.3 Å². The average molecular weight is 811 g/mol. The fourth-order valence-electron chi connectivity index (χ4n) is 6.56. The van der Waals surface area contributed by atoms with Crippen LogP contribution in [0.5, 0.6) is 0 Å². The molecule has 0 aromatic heterocycles. The van der Waals surface area contributed by atoms with Gasteiger partial charge in [0, 0.05) is 19.3 Å². The van der Waals surface area contributed by atoms with E-state index in [1.165, 1.54) is 96.3 Å². The molecular formula is C52H90O6. The topological polar surface area (TPSA) is 78.9 Å². The molecule has 0 bridgehead atoms. The molecule has 0 amide bonds. The molecule has 1 atom stereocenters. The van der Waals surface area contributed by atoms with Gasteiger partial charge in [0.15, 0.2) is 6.10 Å². The highest BCUT2D eigenvalue weighted by atomic mass is 16.6. The average Bonchev–Trinajstić information content (AvgIpc) is 3.22. The zero-order chi connectivity index (χ0) is 42.3. The predicted molar refractivity (Wildman–Crippen MR) is 247 cm³/mol. The van der Waals surface area contributed by atoms with Gasteiger partial charge < -0.3 is 14.2 Å². The van der Waals surface area contributed by atoms with Crippen LogP contribution < -0.4 is 0 Å². The van der Waals surface area contributed by atoms with E-state index in [0.717, 1.165) is 96.3 Å². The van der Waals surface area contributed by atoms with E-state index >= 15 is 0 Å². The highest BCUT2D eigenvalue weighted by molar-refractivity contribution is 5.71. The van der Waals surface area contributed by atoms with Crippen molar-refractivity contribution in [2.75, 3.05) is 13.2 Å². The summed E-state index contributed by atoms with van der Waals surface area (Å²) in [6.45, 7) is 6.45. The van der Waals surface area contributed by atoms with Gasteiger partial charge in [0.2, 0.25) is 0 Å². The zero-order valence-corrected chi connectivity index (χ0v) is 38.0. The maximum atomic E-state index is 12.7. The van der Waals surface area contributed by atoms with E-state index < -0.39 is 6.10 Å². The molecule has 0 saturated heterocycles. The highest BCUT2D eigenvalue weighted by Gasteiger charge is 2.19. The Morgan fingerprint density at radius 1 is 0.362 bits per heavy atom. The maximum Gasteiger partial charge on any atom is 0.306 e. The van der Waals surface area contributed by atoms with E-state index in [-0.39, 0.29) is 31.1 Å². The summed E-state index contributed by atoms with van der Waals surface area (Å²) in [6.07, 6.45) is 56.3. The zero-order valence-electron chi connectivity index (χ0n) is 38.0. The third-order valence-corrected chi connectivity index (χ3v) is 10.2. The van der Waals surface area contributed by atoms with Crippen LogP contribution in [0.4, 0.5) is 0 Å². The van der Waals surface area contributed by atoms with Crippen molar-refractivity contribution in [2.45, 2.75) is 239 Å². The van der Waals surface area contributed by atoms with Gasteiger partial charge in [-0.1, -0.05) is 171 Å². The number of unbranched alkanes of at least 4 members (excludes halogenated alkanes) is 22. The lowest BCUT2D eigenvalue weighted by atomic mass is 10.1. The van der Waals surface area contributed by atoms with Crippen molar-refractivity contribution in [1.29, 1.82) is 0 Å². The van der Waals surface area contributed by atoms with Gasteiger partial charge in [-0.25, -0.2) is 0 Å². The Morgan fingerprint density at radius 2 is 0.672 bits per heavy atom. The molecule has 0 rings (SSSR count). The van der Waals surface area contributed by atoms with Gasteiger partial charge in [-0.2, -0.15) is 0 Å². The van der Waals surface area contributed by atoms with Crippen LogP contribution in [-0.2, 0) is 28.6 Å². The van der Waals surface area contributed by atoms with Crippen LogP contribution in [0.3, 0.4) is 0 Å². The second-order valence-electron chi connectivity index (χ2n) is 16.0. The van der Waals surface area contributed by atoms with Gasteiger partial charge in [0.1, 0.15) is 13.2 Å². The molecule has 334 valence electrons. The van der Waals surface area contributed by atoms with Crippen molar-refractivity contribution >= 4 is 17.9 Å². The molecule has 6 heteroatoms. The van der Waals surface area contributed by atoms with Crippen molar-refractivity contribution < 1.29 is 28.6 Å². The van der Waals surface area contributed by atoms with E-state index in [1.54, 1.807) is 0 Å². The Morgan fingerprint density at radius 3 is 1.10 bits per heavy atom. The fourth-order valence-corrected chi connectivity index (χ4v) is 6.56. The number of ether oxygens (including phenoxy) is 3. The largest absolute Gasteiger partial charge is 0.462 e. The molecule has 0 fully saturated rings. The van der Waals surface area contributed by atoms with Crippen LogP contribution in [0.25, 0.3) is 0 Å². The summed E-state index contributed by atoms with van der Waals surface area (Å²) >= 11 is 0. The first-order chi connectivity index (χ1) is 28.5. The first-order valence-electron chi connectivity index (χ1n) is 24.3. The molecule has 0 saturated carbocycles. The van der Waals surface area contributed by atoms with Crippen LogP contribution in [0.2, 0.25) is 0 Å². The van der Waals surface area contributed by atoms with Crippen LogP contribution in [0.1, 0.15) is 233 Å². The van der Waals surface area contributed by atoms with Crippen LogP contribution in [-0.4, -0.2) is 37.2 Å². The van der Waals surface area contributed by atoms with Crippen molar-refractivity contribution in [3.63, 3.8) is 0 Å². The van der Waals surface area contributed by atoms with E-state index in [1.807, 2.05) is 0 Å². The summed E-state index contributed by atoms with van der Waals surface area (Å²) in [5.41, 5.74) is 0. The first-order valence-corrected chi connectivity index (χ1v) is 24.3. The molecule has 0 radical (unpaired) electrons. The van der Waals surface area contributed by atoms with Crippen LogP contribution in [0, 0.1) is 0 Å². The first kappa shape index (κ1) is 55.1. The summed E-state index contributed by atoms with van der Waals surface area (Å²) in [5, 5.41) is 0. The third-order valence-electron chi connectivity index (χ3n) is 10.2. The smallest absolute Gasteiger partial charge is 0.306 e. The van der Waals surface area contributed by atoms with Gasteiger partial charge in [-0.15, -0.1) is 0 Å². The monoisotopic (exact) mass is 811 g/mol. The van der Waals surface area contributed by atoms with Crippen molar-refractivity contribution in [3.05, 3.63) is 60.8 Å². The number of carbonyl (C=O) groups is 3. The third kappa shape index (κ3) is 44.2. The summed E-state index contributed by atoms with van der Waals surface area (Å²) in [7, 11) is 0. The number of hydrogen-bond acceptors (Lipinski definition) is 6. The number of hydrogen-bond donors (Lipinski definition) is 0. The molecule has 58 heavy (non-hydrogen) atoms. The Hall–Kier alpha value is -2.89. The van der Waals surface area contributed by atoms with Gasteiger partial charge in [-0.3, -0.25) is 14.4 Å². The SMILES string of the molecule is CC/C=C\C/C=C\C/C=C\CCCCCC(=O)OC(COC(=O)CCCCCCC/C=C\CCCCCC)COC(=O)CCCCCCC/C=C\CCCCCCC. The summed E-state index contributed by atoms with van der Waals surface area (Å²) < 4.78 is 16.7. The minimum Gasteiger partial charge on any atom is -0.462 e. The second-order valence-corrected chi connectivity index (χ2v) is 16.0. The number of carbonyl (C=O) groups excluding carboxylic acids is 3. The minimum atomic E-state index is -0.794. The van der Waals surface area contributed by atoms with Crippen molar-refractivity contribution in [1.82, 2.24) is 0 Å². The molecule has 0 aromatic carbocycles. The normalized spacial score (nSPS) is 12.5. The molecule has 6 nitrogen and oxygen atoms in total. The lowest BCUT2D eigenvalue weighted by molar-refractivity contribution is -0.167. The van der Waals surface area contributed by atoms with E-state index in [2.05, 4.69) is 81.5 Å². The Labute approximate surface area is 358 Å². The quantitative estimate of drug-likeness (QED) is 0.0264. The molecule has 0 aliphatic rings. The Bertz CT molecular complexity index is 1070. The van der Waals surface area contributed by atoms with Gasteiger partial charge in [0.05, 0.1) is 0 Å². The van der Waals surface area contributed by atoms with Crippen LogP contribution >= 0.6 is 0 Å². The molecule has 0 spiro atoms. The number of esters is 3. The highest BCUT2D eigenvalue weighted by Crippen LogP contribution is 2.13. The fraction of sp³-hybridized carbons (Fsp3) is 0.750. The number of rotatable bonds is 43. The molecular weight excluding hydrogens is 721 g/mol. The van der Waals surface area contributed by atoms with Crippen molar-refractivity contribution in [3.8, 4) is 0 Å². The van der Waals surface area contributed by atoms with Gasteiger partial charge in [0.25, 0.3) is 0 Å². The van der Waals surface area contributed by atoms with E-state index in [4.69, 9.17) is 14.2 Å². The molecule has 1 unspecified atom stereocenters. The van der Waals surface area contributed by atoms with Gasteiger partial charge in [-0.05, 0) is 103 Å². The summed E-state index contributed by atoms with van der Waals surface area (Å²) in [4.78, 5) is 37.8. The summed E-state index contributed by atoms with van der Waals surface area (Å²) in [6, 6.07) is 0. The van der Waals surface area contributed by atoms with Crippen LogP contribution in [0.15, 0.2) is 60.8 Å². The standard InChI is InChI=1S/C52H90O6/c1-4-7-10-13-16-19-22-25-28-30-33-36-39-42-45-51(54)57-48-49(58-52(55)46-43-40-37-34-31-27-24-21-18-15-12-9-6-3)47-56-50(53)44-41-38-35-32-29-26-23-20-17-14-11-8-5-2/h9,12,18,20-23,25,27,31,49H,4-8,10-11,13-17,19,24,26,28-30,32-48H2,1-3H3/b12-9-,21-18-,23-20-,25-22-,31-27-. The minimum absolute atomic E-state index is 0.0931.